The number of aliphatic hydroxyl groups excluding tert-OH is 1. The molecule has 6 heteroatoms. The summed E-state index contributed by atoms with van der Waals surface area (Å²) in [6, 6.07) is 4.91. The minimum atomic E-state index is -0.534. The number of ether oxygens (including phenoxy) is 2. The van der Waals surface area contributed by atoms with Gasteiger partial charge in [0, 0.05) is 18.3 Å². The van der Waals surface area contributed by atoms with E-state index in [4.69, 9.17) is 9.47 Å². The molecule has 0 radical (unpaired) electrons. The number of fused-ring (bicyclic) bond motifs is 1. The Hall–Kier alpha value is -1.79. The molecule has 0 spiro atoms. The SMILES string of the molecule is O=C1C(CO)NCCCN1c1ccc2c(c1)OCO2. The molecule has 2 N–H and O–H groups in total. The fourth-order valence-corrected chi connectivity index (χ4v) is 2.35. The van der Waals surface area contributed by atoms with E-state index in [-0.39, 0.29) is 19.3 Å². The number of carbonyl (C=O) groups is 1. The van der Waals surface area contributed by atoms with Gasteiger partial charge in [0.05, 0.1) is 6.61 Å². The molecule has 1 aromatic carbocycles. The van der Waals surface area contributed by atoms with Gasteiger partial charge in [0.1, 0.15) is 6.04 Å². The first-order valence-corrected chi connectivity index (χ1v) is 6.35. The van der Waals surface area contributed by atoms with Crippen LogP contribution in [0.1, 0.15) is 6.42 Å². The van der Waals surface area contributed by atoms with Crippen LogP contribution in [-0.2, 0) is 4.79 Å². The van der Waals surface area contributed by atoms with Crippen molar-refractivity contribution < 1.29 is 19.4 Å². The maximum absolute atomic E-state index is 12.3. The van der Waals surface area contributed by atoms with Gasteiger partial charge < -0.3 is 24.8 Å². The first-order valence-electron chi connectivity index (χ1n) is 6.35. The van der Waals surface area contributed by atoms with E-state index < -0.39 is 6.04 Å². The molecule has 0 saturated carbocycles. The zero-order valence-corrected chi connectivity index (χ0v) is 10.5. The molecule has 1 saturated heterocycles. The first kappa shape index (κ1) is 12.3. The van der Waals surface area contributed by atoms with Crippen molar-refractivity contribution in [2.75, 3.05) is 31.4 Å². The summed E-state index contributed by atoms with van der Waals surface area (Å²) in [4.78, 5) is 14.0. The van der Waals surface area contributed by atoms with Crippen molar-refractivity contribution in [2.24, 2.45) is 0 Å². The van der Waals surface area contributed by atoms with Gasteiger partial charge in [-0.1, -0.05) is 0 Å². The maximum atomic E-state index is 12.3. The number of hydrogen-bond donors (Lipinski definition) is 2. The number of rotatable bonds is 2. The quantitative estimate of drug-likeness (QED) is 0.793. The highest BCUT2D eigenvalue weighted by Gasteiger charge is 2.28. The lowest BCUT2D eigenvalue weighted by atomic mass is 10.2. The monoisotopic (exact) mass is 264 g/mol. The number of anilines is 1. The summed E-state index contributed by atoms with van der Waals surface area (Å²) in [6.07, 6.45) is 0.844. The molecular weight excluding hydrogens is 248 g/mol. The van der Waals surface area contributed by atoms with Crippen molar-refractivity contribution in [3.8, 4) is 11.5 Å². The van der Waals surface area contributed by atoms with Crippen LogP contribution in [0.5, 0.6) is 11.5 Å². The van der Waals surface area contributed by atoms with Gasteiger partial charge in [0.2, 0.25) is 12.7 Å². The molecule has 1 unspecified atom stereocenters. The highest BCUT2D eigenvalue weighted by molar-refractivity contribution is 5.97. The predicted molar refractivity (Wildman–Crippen MR) is 68.4 cm³/mol. The summed E-state index contributed by atoms with van der Waals surface area (Å²) in [5, 5.41) is 12.3. The van der Waals surface area contributed by atoms with E-state index in [2.05, 4.69) is 5.32 Å². The van der Waals surface area contributed by atoms with Crippen molar-refractivity contribution in [2.45, 2.75) is 12.5 Å². The Morgan fingerprint density at radius 1 is 1.37 bits per heavy atom. The number of nitrogens with one attached hydrogen (secondary N) is 1. The first-order chi connectivity index (χ1) is 9.29. The lowest BCUT2D eigenvalue weighted by molar-refractivity contribution is -0.121. The van der Waals surface area contributed by atoms with Crippen LogP contribution >= 0.6 is 0 Å². The van der Waals surface area contributed by atoms with Gasteiger partial charge in [0.25, 0.3) is 0 Å². The second-order valence-corrected chi connectivity index (χ2v) is 4.57. The molecule has 1 fully saturated rings. The number of amides is 1. The summed E-state index contributed by atoms with van der Waals surface area (Å²) < 4.78 is 10.6. The zero-order valence-electron chi connectivity index (χ0n) is 10.5. The van der Waals surface area contributed by atoms with E-state index >= 15 is 0 Å². The molecule has 1 aromatic rings. The number of hydrogen-bond acceptors (Lipinski definition) is 5. The highest BCUT2D eigenvalue weighted by atomic mass is 16.7. The number of carbonyl (C=O) groups excluding carboxylic acids is 1. The molecule has 19 heavy (non-hydrogen) atoms. The van der Waals surface area contributed by atoms with E-state index in [1.807, 2.05) is 6.07 Å². The van der Waals surface area contributed by atoms with E-state index in [1.165, 1.54) is 0 Å². The molecule has 1 atom stereocenters. The standard InChI is InChI=1S/C13H16N2O4/c16-7-10-13(17)15(5-1-4-14-10)9-2-3-11-12(6-9)19-8-18-11/h2-3,6,10,14,16H,1,4-5,7-8H2. The average Bonchev–Trinajstić information content (AvgIpc) is 2.81. The second-order valence-electron chi connectivity index (χ2n) is 4.57. The summed E-state index contributed by atoms with van der Waals surface area (Å²) in [6.45, 7) is 1.37. The van der Waals surface area contributed by atoms with Crippen LogP contribution in [0.3, 0.4) is 0 Å². The Balaban J connectivity index is 1.89. The summed E-state index contributed by atoms with van der Waals surface area (Å²) >= 11 is 0. The van der Waals surface area contributed by atoms with E-state index in [9.17, 15) is 9.90 Å². The number of benzene rings is 1. The second kappa shape index (κ2) is 5.07. The van der Waals surface area contributed by atoms with E-state index in [0.717, 1.165) is 18.7 Å². The van der Waals surface area contributed by atoms with E-state index in [1.54, 1.807) is 17.0 Å². The minimum Gasteiger partial charge on any atom is -0.454 e. The zero-order chi connectivity index (χ0) is 13.2. The topological polar surface area (TPSA) is 71.0 Å². The third kappa shape index (κ3) is 2.24. The molecule has 0 bridgehead atoms. The molecular formula is C13H16N2O4. The van der Waals surface area contributed by atoms with Gasteiger partial charge in [-0.3, -0.25) is 4.79 Å². The van der Waals surface area contributed by atoms with Crippen molar-refractivity contribution in [3.63, 3.8) is 0 Å². The van der Waals surface area contributed by atoms with Crippen LogP contribution in [0.4, 0.5) is 5.69 Å². The smallest absolute Gasteiger partial charge is 0.246 e. The Bertz CT molecular complexity index is 492. The molecule has 2 aliphatic heterocycles. The Morgan fingerprint density at radius 2 is 2.21 bits per heavy atom. The van der Waals surface area contributed by atoms with Crippen molar-refractivity contribution in [1.29, 1.82) is 0 Å². The predicted octanol–water partition coefficient (Wildman–Crippen LogP) is 0.102. The lowest BCUT2D eigenvalue weighted by Gasteiger charge is -2.23. The maximum Gasteiger partial charge on any atom is 0.246 e. The molecule has 6 nitrogen and oxygen atoms in total. The van der Waals surface area contributed by atoms with Gasteiger partial charge in [-0.15, -0.1) is 0 Å². The van der Waals surface area contributed by atoms with Gasteiger partial charge in [-0.05, 0) is 25.1 Å². The lowest BCUT2D eigenvalue weighted by Crippen LogP contribution is -2.45. The molecule has 0 aromatic heterocycles. The largest absolute Gasteiger partial charge is 0.454 e. The third-order valence-electron chi connectivity index (χ3n) is 3.36. The molecule has 3 rings (SSSR count). The molecule has 102 valence electrons. The van der Waals surface area contributed by atoms with Crippen LogP contribution in [0, 0.1) is 0 Å². The fourth-order valence-electron chi connectivity index (χ4n) is 2.35. The molecule has 1 amide bonds. The van der Waals surface area contributed by atoms with Crippen LogP contribution in [0.15, 0.2) is 18.2 Å². The Labute approximate surface area is 110 Å². The molecule has 2 aliphatic rings. The van der Waals surface area contributed by atoms with Crippen molar-refractivity contribution >= 4 is 11.6 Å². The average molecular weight is 264 g/mol. The van der Waals surface area contributed by atoms with Gasteiger partial charge in [-0.2, -0.15) is 0 Å². The van der Waals surface area contributed by atoms with Crippen molar-refractivity contribution in [3.05, 3.63) is 18.2 Å². The van der Waals surface area contributed by atoms with Gasteiger partial charge >= 0.3 is 0 Å². The van der Waals surface area contributed by atoms with Crippen LogP contribution < -0.4 is 19.7 Å². The number of nitrogens with zero attached hydrogens (tertiary/aromatic N) is 1. The fraction of sp³-hybridized carbons (Fsp3) is 0.462. The van der Waals surface area contributed by atoms with Crippen LogP contribution in [0.2, 0.25) is 0 Å². The normalized spacial score (nSPS) is 22.5. The molecule has 2 heterocycles. The summed E-state index contributed by atoms with van der Waals surface area (Å²) in [7, 11) is 0. The number of aliphatic hydroxyl groups is 1. The van der Waals surface area contributed by atoms with Gasteiger partial charge in [0.15, 0.2) is 11.5 Å². The van der Waals surface area contributed by atoms with Crippen LogP contribution in [0.25, 0.3) is 0 Å². The highest BCUT2D eigenvalue weighted by Crippen LogP contribution is 2.35. The summed E-state index contributed by atoms with van der Waals surface area (Å²) in [5.74, 6) is 1.24. The summed E-state index contributed by atoms with van der Waals surface area (Å²) in [5.41, 5.74) is 0.774. The molecule has 0 aliphatic carbocycles. The Morgan fingerprint density at radius 3 is 3.05 bits per heavy atom. The third-order valence-corrected chi connectivity index (χ3v) is 3.36. The van der Waals surface area contributed by atoms with E-state index in [0.29, 0.717) is 18.0 Å². The van der Waals surface area contributed by atoms with Gasteiger partial charge in [-0.25, -0.2) is 0 Å². The van der Waals surface area contributed by atoms with Crippen LogP contribution in [-0.4, -0.2) is 43.5 Å². The van der Waals surface area contributed by atoms with Crippen molar-refractivity contribution in [1.82, 2.24) is 5.32 Å². The minimum absolute atomic E-state index is 0.112. The Kier molecular flexibility index (Phi) is 3.27.